The lowest BCUT2D eigenvalue weighted by Gasteiger charge is -2.26. The molecule has 0 bridgehead atoms. The van der Waals surface area contributed by atoms with E-state index in [4.69, 9.17) is 4.74 Å². The molecule has 2 aliphatic heterocycles. The van der Waals surface area contributed by atoms with Crippen LogP contribution >= 0.6 is 0 Å². The van der Waals surface area contributed by atoms with Crippen molar-refractivity contribution >= 4 is 27.3 Å². The minimum atomic E-state index is -3.81. The SMILES string of the molecule is COc1ccc(C)cc1NS(=O)(=O)c1cc2c3c(c1)[C@H](C)C(=O)N3CCC2. The van der Waals surface area contributed by atoms with E-state index in [0.29, 0.717) is 18.0 Å². The van der Waals surface area contributed by atoms with E-state index in [-0.39, 0.29) is 16.7 Å². The van der Waals surface area contributed by atoms with Crippen molar-refractivity contribution in [2.75, 3.05) is 23.3 Å². The molecule has 0 aromatic heterocycles. The number of methoxy groups -OCH3 is 1. The number of nitrogens with zero attached hydrogens (tertiary/aromatic N) is 1. The van der Waals surface area contributed by atoms with Gasteiger partial charge in [-0.05, 0) is 67.6 Å². The van der Waals surface area contributed by atoms with Crippen LogP contribution in [0.4, 0.5) is 11.4 Å². The molecule has 2 aromatic carbocycles. The van der Waals surface area contributed by atoms with E-state index in [2.05, 4.69) is 4.72 Å². The highest BCUT2D eigenvalue weighted by atomic mass is 32.2. The molecule has 0 saturated heterocycles. The Kier molecular flexibility index (Phi) is 4.14. The predicted octanol–water partition coefficient (Wildman–Crippen LogP) is 3.20. The molecule has 2 aromatic rings. The summed E-state index contributed by atoms with van der Waals surface area (Å²) in [6.45, 7) is 4.43. The monoisotopic (exact) mass is 386 g/mol. The molecule has 6 nitrogen and oxygen atoms in total. The Morgan fingerprint density at radius 3 is 2.74 bits per heavy atom. The molecule has 7 heteroatoms. The molecule has 0 spiro atoms. The molecule has 2 heterocycles. The van der Waals surface area contributed by atoms with Crippen molar-refractivity contribution in [3.8, 4) is 5.75 Å². The number of sulfonamides is 1. The second kappa shape index (κ2) is 6.27. The largest absolute Gasteiger partial charge is 0.495 e. The predicted molar refractivity (Wildman–Crippen MR) is 104 cm³/mol. The van der Waals surface area contributed by atoms with Gasteiger partial charge in [-0.25, -0.2) is 8.42 Å². The van der Waals surface area contributed by atoms with E-state index in [9.17, 15) is 13.2 Å². The Balaban J connectivity index is 1.78. The van der Waals surface area contributed by atoms with Gasteiger partial charge in [0.15, 0.2) is 0 Å². The lowest BCUT2D eigenvalue weighted by atomic mass is 9.97. The highest BCUT2D eigenvalue weighted by molar-refractivity contribution is 7.92. The van der Waals surface area contributed by atoms with Gasteiger partial charge in [0.2, 0.25) is 5.91 Å². The molecule has 4 rings (SSSR count). The number of rotatable bonds is 4. The van der Waals surface area contributed by atoms with Crippen LogP contribution in [0.1, 0.15) is 36.0 Å². The van der Waals surface area contributed by atoms with Crippen LogP contribution in [0.25, 0.3) is 0 Å². The fourth-order valence-electron chi connectivity index (χ4n) is 3.93. The molecule has 1 atom stereocenters. The Morgan fingerprint density at radius 2 is 2.00 bits per heavy atom. The zero-order valence-electron chi connectivity index (χ0n) is 15.6. The van der Waals surface area contributed by atoms with E-state index in [1.54, 1.807) is 29.2 Å². The fourth-order valence-corrected chi connectivity index (χ4v) is 5.07. The molecule has 142 valence electrons. The molecule has 1 amide bonds. The minimum absolute atomic E-state index is 0.0498. The zero-order chi connectivity index (χ0) is 19.3. The first kappa shape index (κ1) is 17.9. The Bertz CT molecular complexity index is 1050. The van der Waals surface area contributed by atoms with Crippen LogP contribution < -0.4 is 14.4 Å². The third-order valence-electron chi connectivity index (χ3n) is 5.30. The first-order valence-electron chi connectivity index (χ1n) is 8.97. The van der Waals surface area contributed by atoms with Crippen molar-refractivity contribution in [1.29, 1.82) is 0 Å². The number of ether oxygens (including phenoxy) is 1. The summed E-state index contributed by atoms with van der Waals surface area (Å²) >= 11 is 0. The van der Waals surface area contributed by atoms with Gasteiger partial charge in [-0.2, -0.15) is 0 Å². The molecule has 27 heavy (non-hydrogen) atoms. The number of carbonyl (C=O) groups excluding carboxylic acids is 1. The summed E-state index contributed by atoms with van der Waals surface area (Å²) in [6, 6.07) is 8.66. The average molecular weight is 386 g/mol. The maximum Gasteiger partial charge on any atom is 0.262 e. The van der Waals surface area contributed by atoms with Crippen molar-refractivity contribution < 1.29 is 17.9 Å². The quantitative estimate of drug-likeness (QED) is 0.876. The fraction of sp³-hybridized carbons (Fsp3) is 0.350. The Labute approximate surface area is 159 Å². The maximum atomic E-state index is 13.1. The smallest absolute Gasteiger partial charge is 0.262 e. The summed E-state index contributed by atoms with van der Waals surface area (Å²) in [4.78, 5) is 14.5. The maximum absolute atomic E-state index is 13.1. The van der Waals surface area contributed by atoms with Gasteiger partial charge in [0.05, 0.1) is 29.3 Å². The van der Waals surface area contributed by atoms with Crippen LogP contribution in [-0.2, 0) is 21.2 Å². The topological polar surface area (TPSA) is 75.7 Å². The first-order valence-corrected chi connectivity index (χ1v) is 10.5. The summed E-state index contributed by atoms with van der Waals surface area (Å²) in [7, 11) is -2.31. The van der Waals surface area contributed by atoms with Crippen molar-refractivity contribution in [3.63, 3.8) is 0 Å². The number of hydrogen-bond donors (Lipinski definition) is 1. The van der Waals surface area contributed by atoms with Crippen molar-refractivity contribution in [2.24, 2.45) is 0 Å². The lowest BCUT2D eigenvalue weighted by molar-refractivity contribution is -0.119. The summed E-state index contributed by atoms with van der Waals surface area (Å²) in [5.41, 5.74) is 3.96. The van der Waals surface area contributed by atoms with Crippen molar-refractivity contribution in [3.05, 3.63) is 47.0 Å². The molecule has 2 aliphatic rings. The van der Waals surface area contributed by atoms with Gasteiger partial charge in [0.25, 0.3) is 10.0 Å². The molecule has 0 unspecified atom stereocenters. The number of nitrogens with one attached hydrogen (secondary N) is 1. The summed E-state index contributed by atoms with van der Waals surface area (Å²) < 4.78 is 34.1. The van der Waals surface area contributed by atoms with Gasteiger partial charge in [-0.3, -0.25) is 9.52 Å². The van der Waals surface area contributed by atoms with E-state index >= 15 is 0 Å². The van der Waals surface area contributed by atoms with E-state index in [0.717, 1.165) is 35.2 Å². The molecule has 1 N–H and O–H groups in total. The third-order valence-corrected chi connectivity index (χ3v) is 6.65. The van der Waals surface area contributed by atoms with Crippen LogP contribution in [0, 0.1) is 6.92 Å². The standard InChI is InChI=1S/C20H22N2O4S/c1-12-6-7-18(26-3)17(9-12)21-27(24,25)15-10-14-5-4-8-22-19(14)16(11-15)13(2)20(22)23/h6-7,9-11,13,21H,4-5,8H2,1-3H3/t13-/m0/s1. The normalized spacial score (nSPS) is 18.4. The highest BCUT2D eigenvalue weighted by Gasteiger charge is 2.38. The Morgan fingerprint density at radius 1 is 1.22 bits per heavy atom. The van der Waals surface area contributed by atoms with Gasteiger partial charge >= 0.3 is 0 Å². The number of amides is 1. The second-order valence-electron chi connectivity index (χ2n) is 7.14. The van der Waals surface area contributed by atoms with Gasteiger partial charge in [-0.15, -0.1) is 0 Å². The summed E-state index contributed by atoms with van der Waals surface area (Å²) in [6.07, 6.45) is 1.61. The molecule has 0 saturated carbocycles. The number of aryl methyl sites for hydroxylation is 2. The average Bonchev–Trinajstić information content (AvgIpc) is 2.88. The highest BCUT2D eigenvalue weighted by Crippen LogP contribution is 2.44. The zero-order valence-corrected chi connectivity index (χ0v) is 16.4. The van der Waals surface area contributed by atoms with E-state index in [1.807, 2.05) is 19.9 Å². The van der Waals surface area contributed by atoms with Gasteiger partial charge < -0.3 is 9.64 Å². The van der Waals surface area contributed by atoms with Gasteiger partial charge in [-0.1, -0.05) is 6.07 Å². The number of benzene rings is 2. The summed E-state index contributed by atoms with van der Waals surface area (Å²) in [5, 5.41) is 0. The van der Waals surface area contributed by atoms with Crippen LogP contribution in [0.2, 0.25) is 0 Å². The molecule has 0 aliphatic carbocycles. The Hall–Kier alpha value is -2.54. The second-order valence-corrected chi connectivity index (χ2v) is 8.83. The summed E-state index contributed by atoms with van der Waals surface area (Å²) in [5.74, 6) is 0.190. The molecular weight excluding hydrogens is 364 g/mol. The van der Waals surface area contributed by atoms with E-state index in [1.165, 1.54) is 7.11 Å². The minimum Gasteiger partial charge on any atom is -0.495 e. The lowest BCUT2D eigenvalue weighted by Crippen LogP contribution is -2.32. The van der Waals surface area contributed by atoms with Crippen molar-refractivity contribution in [2.45, 2.75) is 37.5 Å². The van der Waals surface area contributed by atoms with Gasteiger partial charge in [0, 0.05) is 6.54 Å². The third kappa shape index (κ3) is 2.86. The number of carbonyl (C=O) groups is 1. The van der Waals surface area contributed by atoms with Gasteiger partial charge in [0.1, 0.15) is 5.75 Å². The molecule has 0 radical (unpaired) electrons. The van der Waals surface area contributed by atoms with Crippen LogP contribution in [-0.4, -0.2) is 28.0 Å². The van der Waals surface area contributed by atoms with Crippen LogP contribution in [0.3, 0.4) is 0 Å². The first-order chi connectivity index (χ1) is 12.8. The molecular formula is C20H22N2O4S. The number of anilines is 2. The molecule has 0 fully saturated rings. The van der Waals surface area contributed by atoms with Crippen LogP contribution in [0.15, 0.2) is 35.2 Å². The van der Waals surface area contributed by atoms with Crippen molar-refractivity contribution in [1.82, 2.24) is 0 Å². The van der Waals surface area contributed by atoms with Crippen LogP contribution in [0.5, 0.6) is 5.75 Å². The number of hydrogen-bond acceptors (Lipinski definition) is 4. The van der Waals surface area contributed by atoms with E-state index < -0.39 is 10.0 Å².